The van der Waals surface area contributed by atoms with Crippen LogP contribution in [0, 0.1) is 12.7 Å². The summed E-state index contributed by atoms with van der Waals surface area (Å²) < 4.78 is 35.4. The van der Waals surface area contributed by atoms with E-state index in [-0.39, 0.29) is 10.7 Å². The van der Waals surface area contributed by atoms with Gasteiger partial charge in [-0.3, -0.25) is 0 Å². The molecule has 0 bridgehead atoms. The summed E-state index contributed by atoms with van der Waals surface area (Å²) in [5.74, 6) is -0.255. The standard InChI is InChI=1S/C15H17FN2O2S/c1-11-2-5-14(16)8-13(11)10-18-9-12-3-6-15(7-4-12)21(17,19)20/h2-8,18H,9-10H2,1H3,(H2,17,19,20). The fourth-order valence-electron chi connectivity index (χ4n) is 1.97. The van der Waals surface area contributed by atoms with Crippen LogP contribution in [0.5, 0.6) is 0 Å². The average molecular weight is 308 g/mol. The van der Waals surface area contributed by atoms with E-state index in [0.717, 1.165) is 16.7 Å². The summed E-state index contributed by atoms with van der Waals surface area (Å²) in [5.41, 5.74) is 2.85. The lowest BCUT2D eigenvalue weighted by Gasteiger charge is -2.08. The molecule has 0 unspecified atom stereocenters. The highest BCUT2D eigenvalue weighted by Crippen LogP contribution is 2.11. The minimum Gasteiger partial charge on any atom is -0.309 e. The third-order valence-electron chi connectivity index (χ3n) is 3.21. The van der Waals surface area contributed by atoms with Gasteiger partial charge in [0, 0.05) is 13.1 Å². The fourth-order valence-corrected chi connectivity index (χ4v) is 2.48. The highest BCUT2D eigenvalue weighted by molar-refractivity contribution is 7.89. The van der Waals surface area contributed by atoms with E-state index in [4.69, 9.17) is 5.14 Å². The Labute approximate surface area is 123 Å². The van der Waals surface area contributed by atoms with E-state index in [1.54, 1.807) is 18.2 Å². The van der Waals surface area contributed by atoms with Crippen LogP contribution in [-0.2, 0) is 23.1 Å². The molecule has 0 heterocycles. The van der Waals surface area contributed by atoms with Crippen molar-refractivity contribution in [3.8, 4) is 0 Å². The van der Waals surface area contributed by atoms with Crippen LogP contribution in [0.4, 0.5) is 4.39 Å². The average Bonchev–Trinajstić information content (AvgIpc) is 2.42. The zero-order chi connectivity index (χ0) is 15.5. The van der Waals surface area contributed by atoms with Gasteiger partial charge in [-0.05, 0) is 47.9 Å². The number of primary sulfonamides is 1. The summed E-state index contributed by atoms with van der Waals surface area (Å²) in [7, 11) is -3.66. The Hall–Kier alpha value is -1.76. The van der Waals surface area contributed by atoms with Crippen LogP contribution in [0.15, 0.2) is 47.4 Å². The first-order chi connectivity index (χ1) is 9.86. The maximum Gasteiger partial charge on any atom is 0.238 e. The summed E-state index contributed by atoms with van der Waals surface area (Å²) >= 11 is 0. The molecule has 0 saturated heterocycles. The van der Waals surface area contributed by atoms with Crippen LogP contribution in [0.2, 0.25) is 0 Å². The molecule has 0 amide bonds. The van der Waals surface area contributed by atoms with Gasteiger partial charge in [0.2, 0.25) is 10.0 Å². The monoisotopic (exact) mass is 308 g/mol. The van der Waals surface area contributed by atoms with Gasteiger partial charge in [-0.2, -0.15) is 0 Å². The van der Waals surface area contributed by atoms with E-state index in [1.165, 1.54) is 24.3 Å². The van der Waals surface area contributed by atoms with E-state index < -0.39 is 10.0 Å². The first-order valence-electron chi connectivity index (χ1n) is 6.44. The van der Waals surface area contributed by atoms with Gasteiger partial charge < -0.3 is 5.32 Å². The number of nitrogens with one attached hydrogen (secondary N) is 1. The molecule has 0 saturated carbocycles. The van der Waals surface area contributed by atoms with E-state index in [2.05, 4.69) is 5.32 Å². The minimum absolute atomic E-state index is 0.0900. The van der Waals surface area contributed by atoms with Gasteiger partial charge in [0.1, 0.15) is 5.82 Å². The molecule has 6 heteroatoms. The number of halogens is 1. The normalized spacial score (nSPS) is 11.6. The summed E-state index contributed by atoms with van der Waals surface area (Å²) in [5, 5.41) is 8.23. The van der Waals surface area contributed by atoms with Crippen molar-refractivity contribution in [2.24, 2.45) is 5.14 Å². The molecule has 0 radical (unpaired) electrons. The third kappa shape index (κ3) is 4.35. The molecule has 0 fully saturated rings. The summed E-state index contributed by atoms with van der Waals surface area (Å²) in [6.07, 6.45) is 0. The molecule has 0 atom stereocenters. The van der Waals surface area contributed by atoms with Crippen LogP contribution in [0.25, 0.3) is 0 Å². The van der Waals surface area contributed by atoms with Crippen LogP contribution < -0.4 is 10.5 Å². The van der Waals surface area contributed by atoms with Crippen LogP contribution in [0.3, 0.4) is 0 Å². The number of nitrogens with two attached hydrogens (primary N) is 1. The molecule has 0 aliphatic rings. The van der Waals surface area contributed by atoms with E-state index >= 15 is 0 Å². The minimum atomic E-state index is -3.66. The predicted molar refractivity (Wildman–Crippen MR) is 79.5 cm³/mol. The number of benzene rings is 2. The first kappa shape index (κ1) is 15.6. The van der Waals surface area contributed by atoms with Gasteiger partial charge in [-0.25, -0.2) is 17.9 Å². The Morgan fingerprint density at radius 1 is 1.10 bits per heavy atom. The fraction of sp³-hybridized carbons (Fsp3) is 0.200. The number of hydrogen-bond acceptors (Lipinski definition) is 3. The molecule has 2 rings (SSSR count). The van der Waals surface area contributed by atoms with Crippen molar-refractivity contribution in [3.63, 3.8) is 0 Å². The lowest BCUT2D eigenvalue weighted by atomic mass is 10.1. The molecule has 0 aliphatic carbocycles. The van der Waals surface area contributed by atoms with Crippen molar-refractivity contribution in [1.82, 2.24) is 5.32 Å². The van der Waals surface area contributed by atoms with E-state index in [9.17, 15) is 12.8 Å². The highest BCUT2D eigenvalue weighted by atomic mass is 32.2. The van der Waals surface area contributed by atoms with Gasteiger partial charge in [-0.1, -0.05) is 18.2 Å². The van der Waals surface area contributed by atoms with Gasteiger partial charge in [-0.15, -0.1) is 0 Å². The zero-order valence-corrected chi connectivity index (χ0v) is 12.5. The molecule has 0 aromatic heterocycles. The van der Waals surface area contributed by atoms with Crippen molar-refractivity contribution >= 4 is 10.0 Å². The molecule has 4 nitrogen and oxygen atoms in total. The Morgan fingerprint density at radius 2 is 1.76 bits per heavy atom. The number of sulfonamides is 1. The Morgan fingerprint density at radius 3 is 2.38 bits per heavy atom. The van der Waals surface area contributed by atoms with Crippen molar-refractivity contribution in [3.05, 3.63) is 65.0 Å². The third-order valence-corrected chi connectivity index (χ3v) is 4.14. The van der Waals surface area contributed by atoms with Gasteiger partial charge in [0.05, 0.1) is 4.90 Å². The maximum absolute atomic E-state index is 13.2. The van der Waals surface area contributed by atoms with Gasteiger partial charge in [0.15, 0.2) is 0 Å². The second-order valence-corrected chi connectivity index (χ2v) is 6.42. The molecule has 2 aromatic carbocycles. The van der Waals surface area contributed by atoms with E-state index in [1.807, 2.05) is 6.92 Å². The van der Waals surface area contributed by atoms with Crippen LogP contribution >= 0.6 is 0 Å². The molecular weight excluding hydrogens is 291 g/mol. The zero-order valence-electron chi connectivity index (χ0n) is 11.6. The summed E-state index contributed by atoms with van der Waals surface area (Å²) in [6, 6.07) is 11.0. The van der Waals surface area contributed by atoms with Gasteiger partial charge in [0.25, 0.3) is 0 Å². The van der Waals surface area contributed by atoms with E-state index in [0.29, 0.717) is 13.1 Å². The summed E-state index contributed by atoms with van der Waals surface area (Å²) in [6.45, 7) is 3.03. The lowest BCUT2D eigenvalue weighted by molar-refractivity contribution is 0.597. The molecule has 0 spiro atoms. The number of hydrogen-bond donors (Lipinski definition) is 2. The Balaban J connectivity index is 1.96. The van der Waals surface area contributed by atoms with Crippen molar-refractivity contribution < 1.29 is 12.8 Å². The van der Waals surface area contributed by atoms with Crippen molar-refractivity contribution in [1.29, 1.82) is 0 Å². The number of rotatable bonds is 5. The highest BCUT2D eigenvalue weighted by Gasteiger charge is 2.06. The summed E-state index contributed by atoms with van der Waals surface area (Å²) in [4.78, 5) is 0.0900. The van der Waals surface area contributed by atoms with Crippen LogP contribution in [0.1, 0.15) is 16.7 Å². The maximum atomic E-state index is 13.2. The Kier molecular flexibility index (Phi) is 4.72. The topological polar surface area (TPSA) is 72.2 Å². The predicted octanol–water partition coefficient (Wildman–Crippen LogP) is 2.07. The lowest BCUT2D eigenvalue weighted by Crippen LogP contribution is -2.15. The molecule has 112 valence electrons. The second kappa shape index (κ2) is 6.34. The molecule has 0 aliphatic heterocycles. The van der Waals surface area contributed by atoms with Crippen molar-refractivity contribution in [2.45, 2.75) is 24.9 Å². The SMILES string of the molecule is Cc1ccc(F)cc1CNCc1ccc(S(N)(=O)=O)cc1. The molecule has 3 N–H and O–H groups in total. The smallest absolute Gasteiger partial charge is 0.238 e. The quantitative estimate of drug-likeness (QED) is 0.888. The molecule has 21 heavy (non-hydrogen) atoms. The first-order valence-corrected chi connectivity index (χ1v) is 7.98. The molecular formula is C15H17FN2O2S. The largest absolute Gasteiger partial charge is 0.309 e. The second-order valence-electron chi connectivity index (χ2n) is 4.86. The van der Waals surface area contributed by atoms with Crippen LogP contribution in [-0.4, -0.2) is 8.42 Å². The Bertz CT molecular complexity index is 728. The number of aryl methyl sites for hydroxylation is 1. The van der Waals surface area contributed by atoms with Gasteiger partial charge >= 0.3 is 0 Å². The molecule has 2 aromatic rings. The van der Waals surface area contributed by atoms with Crippen molar-refractivity contribution in [2.75, 3.05) is 0 Å².